The van der Waals surface area contributed by atoms with E-state index in [0.717, 1.165) is 32.6 Å². The van der Waals surface area contributed by atoms with Gasteiger partial charge in [0.25, 0.3) is 11.8 Å². The summed E-state index contributed by atoms with van der Waals surface area (Å²) >= 11 is 0. The quantitative estimate of drug-likeness (QED) is 0.630. The Kier molecular flexibility index (Phi) is 5.84. The number of rotatable bonds is 6. The van der Waals surface area contributed by atoms with Crippen LogP contribution in [-0.2, 0) is 9.59 Å². The van der Waals surface area contributed by atoms with Gasteiger partial charge in [0.15, 0.2) is 13.1 Å². The number of carbonyl (C=O) groups excluding carboxylic acids is 2. The van der Waals surface area contributed by atoms with Gasteiger partial charge in [-0.1, -0.05) is 54.1 Å². The van der Waals surface area contributed by atoms with Crippen LogP contribution in [0.1, 0.15) is 5.56 Å². The topological polar surface area (TPSA) is 62.6 Å². The van der Waals surface area contributed by atoms with Crippen molar-refractivity contribution in [3.05, 3.63) is 72.3 Å². The normalized spacial score (nSPS) is 11.8. The molecule has 1 unspecified atom stereocenters. The molecule has 0 bridgehead atoms. The van der Waals surface area contributed by atoms with E-state index in [1.54, 1.807) is 0 Å². The fourth-order valence-electron chi connectivity index (χ4n) is 2.98. The zero-order chi connectivity index (χ0) is 19.2. The molecule has 5 nitrogen and oxygen atoms in total. The Morgan fingerprint density at radius 1 is 0.815 bits per heavy atom. The monoisotopic (exact) mass is 362 g/mol. The zero-order valence-electron chi connectivity index (χ0n) is 15.6. The van der Waals surface area contributed by atoms with E-state index >= 15 is 0 Å². The molecule has 3 N–H and O–H groups in total. The molecule has 3 aromatic carbocycles. The number of aryl methyl sites for hydroxylation is 1. The molecule has 0 aromatic heterocycles. The fourth-order valence-corrected chi connectivity index (χ4v) is 2.98. The Labute approximate surface area is 159 Å². The average Bonchev–Trinajstić information content (AvgIpc) is 2.63. The number of anilines is 2. The minimum Gasteiger partial charge on any atom is -0.322 e. The first-order valence-corrected chi connectivity index (χ1v) is 8.97. The van der Waals surface area contributed by atoms with Gasteiger partial charge in [-0.25, -0.2) is 0 Å². The Balaban J connectivity index is 1.54. The maximum absolute atomic E-state index is 12.4. The van der Waals surface area contributed by atoms with Crippen LogP contribution in [-0.4, -0.2) is 32.0 Å². The van der Waals surface area contributed by atoms with Gasteiger partial charge in [-0.2, -0.15) is 0 Å². The van der Waals surface area contributed by atoms with Crippen LogP contribution < -0.4 is 15.5 Å². The fraction of sp³-hybridized carbons (Fsp3) is 0.182. The number of quaternary nitrogens is 1. The maximum atomic E-state index is 12.4. The van der Waals surface area contributed by atoms with Gasteiger partial charge in [-0.3, -0.25) is 9.59 Å². The summed E-state index contributed by atoms with van der Waals surface area (Å²) in [4.78, 5) is 25.4. The highest BCUT2D eigenvalue weighted by molar-refractivity contribution is 6.02. The molecular weight excluding hydrogens is 338 g/mol. The molecule has 5 heteroatoms. The van der Waals surface area contributed by atoms with Crippen molar-refractivity contribution in [2.45, 2.75) is 6.92 Å². The Bertz CT molecular complexity index is 946. The molecule has 2 amide bonds. The summed E-state index contributed by atoms with van der Waals surface area (Å²) in [5, 5.41) is 7.89. The Morgan fingerprint density at radius 2 is 1.44 bits per heavy atom. The molecule has 3 rings (SSSR count). The summed E-state index contributed by atoms with van der Waals surface area (Å²) in [5.74, 6) is -0.235. The number of fused-ring (bicyclic) bond motifs is 1. The number of carbonyl (C=O) groups is 2. The van der Waals surface area contributed by atoms with E-state index < -0.39 is 0 Å². The van der Waals surface area contributed by atoms with Gasteiger partial charge in [-0.05, 0) is 30.5 Å². The summed E-state index contributed by atoms with van der Waals surface area (Å²) < 4.78 is 0. The van der Waals surface area contributed by atoms with Gasteiger partial charge >= 0.3 is 0 Å². The molecule has 0 radical (unpaired) electrons. The van der Waals surface area contributed by atoms with Gasteiger partial charge in [-0.15, -0.1) is 0 Å². The lowest BCUT2D eigenvalue weighted by molar-refractivity contribution is -0.862. The minimum absolute atomic E-state index is 0.116. The third-order valence-electron chi connectivity index (χ3n) is 4.32. The molecule has 0 heterocycles. The molecule has 0 spiro atoms. The number of nitrogens with one attached hydrogen (secondary N) is 3. The van der Waals surface area contributed by atoms with Gasteiger partial charge in [0.05, 0.1) is 7.05 Å². The van der Waals surface area contributed by atoms with Crippen LogP contribution in [0, 0.1) is 6.92 Å². The van der Waals surface area contributed by atoms with E-state index in [1.807, 2.05) is 80.7 Å². The number of hydrogen-bond donors (Lipinski definition) is 3. The van der Waals surface area contributed by atoms with Gasteiger partial charge in [0.2, 0.25) is 0 Å². The lowest BCUT2D eigenvalue weighted by atomic mass is 10.1. The minimum atomic E-state index is -0.119. The number of hydrogen-bond acceptors (Lipinski definition) is 2. The molecule has 0 saturated carbocycles. The molecule has 0 aliphatic carbocycles. The van der Waals surface area contributed by atoms with E-state index in [4.69, 9.17) is 0 Å². The van der Waals surface area contributed by atoms with Crippen LogP contribution in [0.15, 0.2) is 66.7 Å². The van der Waals surface area contributed by atoms with Gasteiger partial charge in [0, 0.05) is 16.8 Å². The maximum Gasteiger partial charge on any atom is 0.279 e. The second-order valence-electron chi connectivity index (χ2n) is 6.80. The molecule has 0 aliphatic heterocycles. The lowest BCUT2D eigenvalue weighted by Crippen LogP contribution is -3.11. The predicted molar refractivity (Wildman–Crippen MR) is 109 cm³/mol. The summed E-state index contributed by atoms with van der Waals surface area (Å²) in [6.07, 6.45) is 0. The van der Waals surface area contributed by atoms with E-state index in [2.05, 4.69) is 10.6 Å². The summed E-state index contributed by atoms with van der Waals surface area (Å²) in [5.41, 5.74) is 2.69. The Morgan fingerprint density at radius 3 is 2.19 bits per heavy atom. The van der Waals surface area contributed by atoms with Crippen LogP contribution in [0.25, 0.3) is 10.8 Å². The highest BCUT2D eigenvalue weighted by Gasteiger charge is 2.15. The summed E-state index contributed by atoms with van der Waals surface area (Å²) in [6.45, 7) is 2.43. The van der Waals surface area contributed by atoms with Crippen LogP contribution in [0.2, 0.25) is 0 Å². The van der Waals surface area contributed by atoms with Crippen molar-refractivity contribution in [1.29, 1.82) is 0 Å². The molecule has 0 aliphatic rings. The van der Waals surface area contributed by atoms with Crippen molar-refractivity contribution in [3.8, 4) is 0 Å². The molecule has 0 saturated heterocycles. The van der Waals surface area contributed by atoms with Crippen LogP contribution in [0.5, 0.6) is 0 Å². The van der Waals surface area contributed by atoms with Crippen LogP contribution >= 0.6 is 0 Å². The average molecular weight is 362 g/mol. The molecule has 0 fully saturated rings. The summed E-state index contributed by atoms with van der Waals surface area (Å²) in [6, 6.07) is 21.4. The number of likely N-dealkylation sites (N-methyl/N-ethyl adjacent to an activating group) is 1. The third kappa shape index (κ3) is 5.15. The smallest absolute Gasteiger partial charge is 0.279 e. The highest BCUT2D eigenvalue weighted by atomic mass is 16.2. The molecule has 1 atom stereocenters. The van der Waals surface area contributed by atoms with E-state index in [1.165, 1.54) is 0 Å². The van der Waals surface area contributed by atoms with Gasteiger partial charge in [0.1, 0.15) is 0 Å². The first kappa shape index (κ1) is 18.6. The molecule has 27 heavy (non-hydrogen) atoms. The van der Waals surface area contributed by atoms with Crippen LogP contribution in [0.3, 0.4) is 0 Å². The SMILES string of the molecule is Cc1ccc(NC(=O)C[NH+](C)CC(=O)Nc2cccc3ccccc23)cc1. The van der Waals surface area contributed by atoms with Crippen molar-refractivity contribution in [2.24, 2.45) is 0 Å². The van der Waals surface area contributed by atoms with Crippen molar-refractivity contribution in [2.75, 3.05) is 30.8 Å². The number of amides is 2. The third-order valence-corrected chi connectivity index (χ3v) is 4.32. The molecular formula is C22H24N3O2+. The zero-order valence-corrected chi connectivity index (χ0v) is 15.6. The van der Waals surface area contributed by atoms with Gasteiger partial charge < -0.3 is 15.5 Å². The van der Waals surface area contributed by atoms with Crippen molar-refractivity contribution in [3.63, 3.8) is 0 Å². The standard InChI is InChI=1S/C22H23N3O2/c1-16-10-12-18(13-11-16)23-21(26)14-25(2)15-22(27)24-20-9-5-7-17-6-3-4-8-19(17)20/h3-13H,14-15H2,1-2H3,(H,23,26)(H,24,27)/p+1. The van der Waals surface area contributed by atoms with Crippen molar-refractivity contribution >= 4 is 34.0 Å². The van der Waals surface area contributed by atoms with E-state index in [-0.39, 0.29) is 24.9 Å². The lowest BCUT2D eigenvalue weighted by Gasteiger charge is -2.14. The van der Waals surface area contributed by atoms with Crippen LogP contribution in [0.4, 0.5) is 11.4 Å². The highest BCUT2D eigenvalue weighted by Crippen LogP contribution is 2.22. The second kappa shape index (κ2) is 8.47. The first-order valence-electron chi connectivity index (χ1n) is 8.97. The molecule has 138 valence electrons. The Hall–Kier alpha value is -3.18. The largest absolute Gasteiger partial charge is 0.322 e. The van der Waals surface area contributed by atoms with E-state index in [9.17, 15) is 9.59 Å². The predicted octanol–water partition coefficient (Wildman–Crippen LogP) is 2.24. The molecule has 3 aromatic rings. The first-order chi connectivity index (χ1) is 13.0. The number of benzene rings is 3. The summed E-state index contributed by atoms with van der Waals surface area (Å²) in [7, 11) is 1.83. The van der Waals surface area contributed by atoms with Crippen molar-refractivity contribution in [1.82, 2.24) is 0 Å². The van der Waals surface area contributed by atoms with Crippen molar-refractivity contribution < 1.29 is 14.5 Å². The second-order valence-corrected chi connectivity index (χ2v) is 6.80. The van der Waals surface area contributed by atoms with E-state index in [0.29, 0.717) is 0 Å².